The van der Waals surface area contributed by atoms with Gasteiger partial charge in [0, 0.05) is 38.0 Å². The zero-order chi connectivity index (χ0) is 13.8. The first-order valence-corrected chi connectivity index (χ1v) is 6.01. The van der Waals surface area contributed by atoms with Crippen LogP contribution in [0.5, 0.6) is 0 Å². The number of ether oxygens (including phenoxy) is 1. The van der Waals surface area contributed by atoms with Crippen molar-refractivity contribution in [2.24, 2.45) is 0 Å². The lowest BCUT2D eigenvalue weighted by Crippen LogP contribution is -1.78. The van der Waals surface area contributed by atoms with E-state index in [1.165, 1.54) is 19.0 Å². The van der Waals surface area contributed by atoms with Crippen molar-refractivity contribution in [3.63, 3.8) is 0 Å². The standard InChI is InChI=1S/C5H6N2.C4H4N2O.C4H8O/c1-2-5-6-3-4-7-5;7-3-4-5-1-2-6-4;1-2-4-5-3-1/h2-4H,1H2,(H,6,7);1-3H,(H,5,6);1-4H2. The molecule has 102 valence electrons. The fraction of sp³-hybridized carbons (Fsp3) is 0.308. The number of rotatable bonds is 2. The molecule has 0 amide bonds. The third-order valence-electron chi connectivity index (χ3n) is 2.17. The lowest BCUT2D eigenvalue weighted by molar-refractivity contribution is 0.111. The SMILES string of the molecule is C1CCOC1.C=Cc1ncc[nH]1.O=Cc1ncc[nH]1. The Morgan fingerprint density at radius 2 is 1.68 bits per heavy atom. The van der Waals surface area contributed by atoms with E-state index in [0.29, 0.717) is 12.1 Å². The van der Waals surface area contributed by atoms with Crippen LogP contribution in [0.1, 0.15) is 29.3 Å². The molecule has 3 heterocycles. The Labute approximate surface area is 111 Å². The molecule has 0 radical (unpaired) electrons. The number of aromatic amines is 2. The third kappa shape index (κ3) is 6.95. The van der Waals surface area contributed by atoms with Crippen molar-refractivity contribution < 1.29 is 9.53 Å². The smallest absolute Gasteiger partial charge is 0.185 e. The molecule has 0 saturated carbocycles. The summed E-state index contributed by atoms with van der Waals surface area (Å²) >= 11 is 0. The second-order valence-corrected chi connectivity index (χ2v) is 3.59. The van der Waals surface area contributed by atoms with Crippen LogP contribution >= 0.6 is 0 Å². The van der Waals surface area contributed by atoms with Gasteiger partial charge in [-0.25, -0.2) is 9.97 Å². The molecule has 6 nitrogen and oxygen atoms in total. The van der Waals surface area contributed by atoms with Gasteiger partial charge in [-0.3, -0.25) is 4.79 Å². The van der Waals surface area contributed by atoms with Gasteiger partial charge >= 0.3 is 0 Å². The first-order valence-electron chi connectivity index (χ1n) is 6.01. The van der Waals surface area contributed by atoms with Gasteiger partial charge in [-0.1, -0.05) is 6.58 Å². The van der Waals surface area contributed by atoms with Gasteiger partial charge in [0.05, 0.1) is 0 Å². The molecule has 0 atom stereocenters. The fourth-order valence-corrected chi connectivity index (χ4v) is 1.24. The minimum atomic E-state index is 0.375. The summed E-state index contributed by atoms with van der Waals surface area (Å²) in [5, 5.41) is 0. The van der Waals surface area contributed by atoms with E-state index in [1.54, 1.807) is 24.7 Å². The molecular formula is C13H18N4O2. The van der Waals surface area contributed by atoms with Gasteiger partial charge in [0.15, 0.2) is 12.1 Å². The van der Waals surface area contributed by atoms with Gasteiger partial charge < -0.3 is 14.7 Å². The topological polar surface area (TPSA) is 83.7 Å². The van der Waals surface area contributed by atoms with Crippen LogP contribution in [0.4, 0.5) is 0 Å². The van der Waals surface area contributed by atoms with Crippen LogP contribution in [0.2, 0.25) is 0 Å². The van der Waals surface area contributed by atoms with E-state index in [1.807, 2.05) is 0 Å². The highest BCUT2D eigenvalue weighted by molar-refractivity contribution is 5.68. The Hall–Kier alpha value is -2.21. The zero-order valence-electron chi connectivity index (χ0n) is 10.7. The molecule has 0 aromatic carbocycles. The summed E-state index contributed by atoms with van der Waals surface area (Å²) in [5.74, 6) is 1.19. The highest BCUT2D eigenvalue weighted by atomic mass is 16.5. The van der Waals surface area contributed by atoms with Gasteiger partial charge in [0.25, 0.3) is 0 Å². The average molecular weight is 262 g/mol. The van der Waals surface area contributed by atoms with E-state index in [9.17, 15) is 4.79 Å². The van der Waals surface area contributed by atoms with Crippen molar-refractivity contribution >= 4 is 12.4 Å². The van der Waals surface area contributed by atoms with Gasteiger partial charge in [-0.15, -0.1) is 0 Å². The van der Waals surface area contributed by atoms with Crippen molar-refractivity contribution in [1.29, 1.82) is 0 Å². The van der Waals surface area contributed by atoms with Gasteiger partial charge in [-0.05, 0) is 18.9 Å². The maximum Gasteiger partial charge on any atom is 0.185 e. The van der Waals surface area contributed by atoms with Crippen LogP contribution < -0.4 is 0 Å². The van der Waals surface area contributed by atoms with Crippen LogP contribution in [0.15, 0.2) is 31.4 Å². The summed E-state index contributed by atoms with van der Waals surface area (Å²) in [7, 11) is 0. The van der Waals surface area contributed by atoms with Gasteiger partial charge in [0.1, 0.15) is 5.82 Å². The maximum atomic E-state index is 9.77. The van der Waals surface area contributed by atoms with Crippen molar-refractivity contribution in [3.05, 3.63) is 43.0 Å². The highest BCUT2D eigenvalue weighted by Crippen LogP contribution is 1.98. The van der Waals surface area contributed by atoms with Crippen LogP contribution in [-0.2, 0) is 4.74 Å². The van der Waals surface area contributed by atoms with E-state index in [4.69, 9.17) is 4.74 Å². The Bertz CT molecular complexity index is 387. The Kier molecular flexibility index (Phi) is 7.65. The molecule has 1 saturated heterocycles. The Morgan fingerprint density at radius 3 is 1.89 bits per heavy atom. The fourth-order valence-electron chi connectivity index (χ4n) is 1.24. The van der Waals surface area contributed by atoms with Crippen molar-refractivity contribution in [3.8, 4) is 0 Å². The van der Waals surface area contributed by atoms with Crippen LogP contribution in [0.25, 0.3) is 6.08 Å². The third-order valence-corrected chi connectivity index (χ3v) is 2.17. The minimum Gasteiger partial charge on any atom is -0.381 e. The number of aromatic nitrogens is 4. The summed E-state index contributed by atoms with van der Waals surface area (Å²) in [4.78, 5) is 22.7. The summed E-state index contributed by atoms with van der Waals surface area (Å²) in [5.41, 5.74) is 0. The number of carbonyl (C=O) groups excluding carboxylic acids is 1. The maximum absolute atomic E-state index is 9.77. The number of imidazole rings is 2. The molecular weight excluding hydrogens is 244 g/mol. The van der Waals surface area contributed by atoms with Gasteiger partial charge in [0.2, 0.25) is 0 Å². The molecule has 2 aromatic heterocycles. The second-order valence-electron chi connectivity index (χ2n) is 3.59. The van der Waals surface area contributed by atoms with Crippen molar-refractivity contribution in [2.75, 3.05) is 13.2 Å². The summed E-state index contributed by atoms with van der Waals surface area (Å²) in [6.45, 7) is 5.51. The minimum absolute atomic E-state index is 0.375. The van der Waals surface area contributed by atoms with E-state index < -0.39 is 0 Å². The average Bonchev–Trinajstić information content (AvgIpc) is 3.23. The summed E-state index contributed by atoms with van der Waals surface area (Å²) in [6, 6.07) is 0. The van der Waals surface area contributed by atoms with Crippen LogP contribution in [-0.4, -0.2) is 39.4 Å². The predicted molar refractivity (Wildman–Crippen MR) is 72.7 cm³/mol. The Morgan fingerprint density at radius 1 is 1.11 bits per heavy atom. The number of H-pyrrole nitrogens is 2. The van der Waals surface area contributed by atoms with E-state index in [0.717, 1.165) is 19.0 Å². The molecule has 0 aliphatic carbocycles. The van der Waals surface area contributed by atoms with Crippen LogP contribution in [0, 0.1) is 0 Å². The molecule has 0 unspecified atom stereocenters. The van der Waals surface area contributed by atoms with Crippen LogP contribution in [0.3, 0.4) is 0 Å². The molecule has 1 aliphatic rings. The van der Waals surface area contributed by atoms with E-state index in [2.05, 4.69) is 26.5 Å². The summed E-state index contributed by atoms with van der Waals surface area (Å²) in [6.07, 6.45) is 11.5. The molecule has 1 fully saturated rings. The number of nitrogens with zero attached hydrogens (tertiary/aromatic N) is 2. The molecule has 3 rings (SSSR count). The molecule has 1 aliphatic heterocycles. The van der Waals surface area contributed by atoms with Gasteiger partial charge in [-0.2, -0.15) is 0 Å². The quantitative estimate of drug-likeness (QED) is 0.811. The number of aldehydes is 1. The van der Waals surface area contributed by atoms with Crippen molar-refractivity contribution in [1.82, 2.24) is 19.9 Å². The number of carbonyl (C=O) groups is 1. The molecule has 19 heavy (non-hydrogen) atoms. The van der Waals surface area contributed by atoms with Crippen molar-refractivity contribution in [2.45, 2.75) is 12.8 Å². The second kappa shape index (κ2) is 9.78. The zero-order valence-corrected chi connectivity index (χ0v) is 10.7. The first kappa shape index (κ1) is 14.8. The van der Waals surface area contributed by atoms with E-state index >= 15 is 0 Å². The lowest BCUT2D eigenvalue weighted by atomic mass is 10.4. The highest BCUT2D eigenvalue weighted by Gasteiger charge is 1.94. The lowest BCUT2D eigenvalue weighted by Gasteiger charge is -1.76. The molecule has 2 N–H and O–H groups in total. The number of nitrogens with one attached hydrogen (secondary N) is 2. The van der Waals surface area contributed by atoms with E-state index in [-0.39, 0.29) is 0 Å². The monoisotopic (exact) mass is 262 g/mol. The summed E-state index contributed by atoms with van der Waals surface area (Å²) < 4.78 is 4.94. The predicted octanol–water partition coefficient (Wildman–Crippen LogP) is 2.07. The number of hydrogen-bond acceptors (Lipinski definition) is 4. The first-order chi connectivity index (χ1) is 9.36. The molecule has 0 bridgehead atoms. The normalized spacial score (nSPS) is 12.6. The number of hydrogen-bond donors (Lipinski definition) is 2. The molecule has 2 aromatic rings. The Balaban J connectivity index is 0.000000145. The largest absolute Gasteiger partial charge is 0.381 e. The molecule has 6 heteroatoms. The molecule has 0 spiro atoms.